The summed E-state index contributed by atoms with van der Waals surface area (Å²) >= 11 is 28.4. The summed E-state index contributed by atoms with van der Waals surface area (Å²) in [5, 5.41) is 14.0. The average molecular weight is 632 g/mol. The van der Waals surface area contributed by atoms with Crippen LogP contribution in [-0.2, 0) is 16.2 Å². The van der Waals surface area contributed by atoms with Gasteiger partial charge in [-0.2, -0.15) is 5.10 Å². The van der Waals surface area contributed by atoms with Crippen LogP contribution in [0.3, 0.4) is 0 Å². The molecule has 0 radical (unpaired) electrons. The van der Waals surface area contributed by atoms with Crippen molar-refractivity contribution in [2.45, 2.75) is 6.54 Å². The second-order valence-electron chi connectivity index (χ2n) is 6.33. The number of rotatable bonds is 6. The molecule has 0 bridgehead atoms. The molecule has 0 fully saturated rings. The third-order valence-corrected chi connectivity index (χ3v) is 5.18. The number of hydrogen-bond donors (Lipinski definition) is 0. The van der Waals surface area contributed by atoms with E-state index < -0.39 is 0 Å². The minimum atomic E-state index is -0.196. The van der Waals surface area contributed by atoms with Crippen molar-refractivity contribution < 1.29 is 54.1 Å². The third kappa shape index (κ3) is 14.3. The zero-order valence-electron chi connectivity index (χ0n) is 19.6. The number of nitrogens with zero attached hydrogens (tertiary/aromatic N) is 5. The molecule has 38 heavy (non-hydrogen) atoms. The van der Waals surface area contributed by atoms with Crippen molar-refractivity contribution in [2.24, 2.45) is 9.98 Å². The molecule has 0 N–H and O–H groups in total. The van der Waals surface area contributed by atoms with E-state index in [1.165, 1.54) is 29.5 Å². The molecule has 196 valence electrons. The van der Waals surface area contributed by atoms with E-state index in [2.05, 4.69) is 25.0 Å². The number of alkyl halides is 1. The van der Waals surface area contributed by atoms with Gasteiger partial charge in [-0.3, -0.25) is 19.4 Å². The molecule has 10 nitrogen and oxygen atoms in total. The monoisotopic (exact) mass is 629 g/mol. The Hall–Kier alpha value is -1.86. The molecule has 3 aromatic rings. The van der Waals surface area contributed by atoms with E-state index in [4.69, 9.17) is 68.1 Å². The maximum atomic E-state index is 11.8. The van der Waals surface area contributed by atoms with Crippen molar-refractivity contribution in [3.05, 3.63) is 80.3 Å². The smallest absolute Gasteiger partial charge is 0.662 e. The molecule has 2 heterocycles. The predicted octanol–water partition coefficient (Wildman–Crippen LogP) is 1.42. The van der Waals surface area contributed by atoms with E-state index in [9.17, 15) is 9.59 Å². The summed E-state index contributed by atoms with van der Waals surface area (Å²) in [7, 11) is 0. The number of ketones is 2. The molecular weight excluding hydrogens is 615 g/mol. The topological polar surface area (TPSA) is 139 Å². The van der Waals surface area contributed by atoms with Crippen molar-refractivity contribution in [1.82, 2.24) is 14.8 Å². The van der Waals surface area contributed by atoms with Crippen LogP contribution in [0.15, 0.2) is 59.0 Å². The first kappa shape index (κ1) is 36.1. The van der Waals surface area contributed by atoms with E-state index in [-0.39, 0.29) is 60.0 Å². The molecule has 1 aromatic heterocycles. The Bertz CT molecular complexity index is 1220. The van der Waals surface area contributed by atoms with Crippen molar-refractivity contribution in [2.75, 3.05) is 12.4 Å². The minimum absolute atomic E-state index is 0. The van der Waals surface area contributed by atoms with E-state index in [1.54, 1.807) is 36.8 Å². The van der Waals surface area contributed by atoms with Crippen molar-refractivity contribution in [3.8, 4) is 0 Å². The summed E-state index contributed by atoms with van der Waals surface area (Å²) < 4.78 is 1.44. The van der Waals surface area contributed by atoms with Gasteiger partial charge in [0.2, 0.25) is 0 Å². The number of halogens is 5. The van der Waals surface area contributed by atoms with Crippen molar-refractivity contribution in [3.63, 3.8) is 0 Å². The molecule has 4 rings (SSSR count). The number of hydrogen-bond acceptors (Lipinski definition) is 9. The van der Waals surface area contributed by atoms with Gasteiger partial charge in [0, 0.05) is 27.4 Å². The molecule has 0 aliphatic carbocycles. The van der Waals surface area contributed by atoms with Crippen molar-refractivity contribution in [1.29, 1.82) is 0 Å². The Morgan fingerprint density at radius 1 is 1.00 bits per heavy atom. The van der Waals surface area contributed by atoms with E-state index in [0.717, 1.165) is 6.54 Å². The van der Waals surface area contributed by atoms with Crippen LogP contribution in [0.4, 0.5) is 0 Å². The van der Waals surface area contributed by atoms with E-state index in [1.807, 2.05) is 0 Å². The Morgan fingerprint density at radius 2 is 1.55 bits per heavy atom. The first-order valence-electron chi connectivity index (χ1n) is 9.80. The second-order valence-corrected chi connectivity index (χ2v) is 8.28. The number of Topliss-reactive ketones (excluding diaryl/α,β-unsaturated/α-hetero) is 2. The van der Waals surface area contributed by atoms with Crippen LogP contribution in [0.5, 0.6) is 0 Å². The summed E-state index contributed by atoms with van der Waals surface area (Å²) in [5.74, 6) is -0.396. The number of aromatic nitrogens is 3. The third-order valence-electron chi connectivity index (χ3n) is 3.84. The summed E-state index contributed by atoms with van der Waals surface area (Å²) in [6.07, 6.45) is 6.17. The van der Waals surface area contributed by atoms with Crippen LogP contribution in [0.25, 0.3) is 0 Å². The molecule has 1 aliphatic rings. The molecule has 0 saturated carbocycles. The van der Waals surface area contributed by atoms with Gasteiger partial charge in [-0.25, -0.2) is 14.7 Å². The Kier molecular flexibility index (Phi) is 20.0. The Morgan fingerprint density at radius 3 is 1.89 bits per heavy atom. The van der Waals surface area contributed by atoms with E-state index in [0.29, 0.717) is 31.2 Å². The number of benzene rings is 2. The van der Waals surface area contributed by atoms with Gasteiger partial charge in [-0.15, -0.1) is 11.6 Å². The largest absolute Gasteiger partial charge is 1.00 e. The fourth-order valence-electron chi connectivity index (χ4n) is 2.29. The molecule has 0 amide bonds. The standard InChI is InChI=1S/C10H7Cl2N3O.C8H5Cl3O.C3H4N2.CH2O3.Na/c11-7-1-2-8(9(12)3-7)10(16)4-15-6-13-5-14-15;9-4-8(12)6-2-1-5(10)3-7(6)11;1-2-5-3-4-1;2-1-4-3;/h1-3,5-6H,4H2;1-3H,4H2;1,3H,2H2;1,3H;/q;;;;+1/p-1. The van der Waals surface area contributed by atoms with Crippen molar-refractivity contribution >= 4 is 88.6 Å². The first-order chi connectivity index (χ1) is 17.7. The molecule has 16 heteroatoms. The van der Waals surface area contributed by atoms with Crippen LogP contribution in [0, 0.1) is 0 Å². The quantitative estimate of drug-likeness (QED) is 0.100. The fraction of sp³-hybridized carbons (Fsp3) is 0.136. The van der Waals surface area contributed by atoms with Crippen LogP contribution in [0.1, 0.15) is 20.7 Å². The van der Waals surface area contributed by atoms with Gasteiger partial charge in [0.05, 0.1) is 22.5 Å². The van der Waals surface area contributed by atoms with Gasteiger partial charge in [-0.05, 0) is 36.4 Å². The summed E-state index contributed by atoms with van der Waals surface area (Å²) in [5.41, 5.74) is 0.845. The first-order valence-corrected chi connectivity index (χ1v) is 11.8. The van der Waals surface area contributed by atoms with E-state index >= 15 is 0 Å². The Labute approximate surface area is 264 Å². The molecule has 0 atom stereocenters. The normalized spacial score (nSPS) is 10.4. The molecular formula is C22H17Cl5N5NaO5. The molecule has 0 unspecified atom stereocenters. The van der Waals surface area contributed by atoms with Crippen LogP contribution in [-0.4, -0.2) is 57.8 Å². The molecule has 0 spiro atoms. The fourth-order valence-corrected chi connectivity index (χ4v) is 3.46. The van der Waals surface area contributed by atoms with Gasteiger partial charge in [-0.1, -0.05) is 46.4 Å². The molecule has 2 aromatic carbocycles. The summed E-state index contributed by atoms with van der Waals surface area (Å²) in [6.45, 7) is 0.710. The van der Waals surface area contributed by atoms with Gasteiger partial charge in [0.25, 0.3) is 6.47 Å². The number of carbonyl (C=O) groups excluding carboxylic acids is 3. The molecule has 0 saturated heterocycles. The Balaban J connectivity index is 0.000000545. The molecule has 1 aliphatic heterocycles. The maximum absolute atomic E-state index is 11.8. The van der Waals surface area contributed by atoms with Gasteiger partial charge in [0.15, 0.2) is 11.6 Å². The van der Waals surface area contributed by atoms with Crippen LogP contribution >= 0.6 is 58.0 Å². The number of aliphatic imine (C=N–C) groups is 2. The average Bonchev–Trinajstić information content (AvgIpc) is 3.61. The summed E-state index contributed by atoms with van der Waals surface area (Å²) in [6, 6.07) is 9.45. The second kappa shape index (κ2) is 21.0. The zero-order chi connectivity index (χ0) is 27.6. The predicted molar refractivity (Wildman–Crippen MR) is 141 cm³/mol. The van der Waals surface area contributed by atoms with Gasteiger partial charge >= 0.3 is 29.6 Å². The number of carbonyl (C=O) groups is 3. The summed E-state index contributed by atoms with van der Waals surface area (Å²) in [4.78, 5) is 45.3. The van der Waals surface area contributed by atoms with Gasteiger partial charge in [0.1, 0.15) is 25.5 Å². The van der Waals surface area contributed by atoms with Gasteiger partial charge < -0.3 is 10.1 Å². The SMILES string of the molecule is C1=NC=NC1.O=C(CCl)c1ccc(Cl)cc1Cl.O=C(Cn1cncn1)c1ccc(Cl)cc1Cl.O=CO[O-].[Na+]. The zero-order valence-corrected chi connectivity index (χ0v) is 25.4. The van der Waals surface area contributed by atoms with Crippen LogP contribution < -0.4 is 34.8 Å². The maximum Gasteiger partial charge on any atom is 1.00 e. The minimum Gasteiger partial charge on any atom is -0.662 e. The van der Waals surface area contributed by atoms with Crippen LogP contribution in [0.2, 0.25) is 20.1 Å².